The monoisotopic (exact) mass is 318 g/mol. The molecule has 1 aliphatic heterocycles. The summed E-state index contributed by atoms with van der Waals surface area (Å²) < 4.78 is 0. The second kappa shape index (κ2) is 7.11. The molecule has 1 unspecified atom stereocenters. The number of nitrogens with one attached hydrogen (secondary N) is 1. The van der Waals surface area contributed by atoms with E-state index in [0.29, 0.717) is 12.0 Å². The normalized spacial score (nSPS) is 19.5. The number of nitrogens with zero attached hydrogens (tertiary/aromatic N) is 5. The molecule has 0 saturated carbocycles. The lowest BCUT2D eigenvalue weighted by Crippen LogP contribution is -2.40. The molecule has 0 radical (unpaired) electrons. The van der Waals surface area contributed by atoms with Gasteiger partial charge in [0.15, 0.2) is 0 Å². The molecule has 6 nitrogen and oxygen atoms in total. The summed E-state index contributed by atoms with van der Waals surface area (Å²) in [7, 11) is 0. The van der Waals surface area contributed by atoms with Crippen LogP contribution in [0.1, 0.15) is 32.4 Å². The van der Waals surface area contributed by atoms with Gasteiger partial charge in [-0.25, -0.2) is 9.97 Å². The minimum Gasteiger partial charge on any atom is -0.315 e. The molecule has 1 fully saturated rings. The van der Waals surface area contributed by atoms with Gasteiger partial charge in [0, 0.05) is 24.3 Å². The van der Waals surface area contributed by atoms with E-state index in [1.54, 1.807) is 11.8 Å². The maximum atomic E-state index is 4.43. The molecule has 3 heterocycles. The average Bonchev–Trinajstić information content (AvgIpc) is 3.01. The van der Waals surface area contributed by atoms with Crippen LogP contribution in [0.5, 0.6) is 0 Å². The molecule has 1 N–H and O–H groups in total. The number of rotatable bonds is 5. The van der Waals surface area contributed by atoms with Gasteiger partial charge < -0.3 is 10.2 Å². The molecular formula is C15H22N6S. The Morgan fingerprint density at radius 3 is 3.09 bits per heavy atom. The minimum atomic E-state index is 0.628. The van der Waals surface area contributed by atoms with Gasteiger partial charge in [-0.05, 0) is 45.6 Å². The molecule has 0 spiro atoms. The van der Waals surface area contributed by atoms with Crippen LogP contribution in [0.15, 0.2) is 17.9 Å². The molecule has 22 heavy (non-hydrogen) atoms. The van der Waals surface area contributed by atoms with Crippen molar-refractivity contribution in [2.24, 2.45) is 5.92 Å². The Kier molecular flexibility index (Phi) is 4.94. The van der Waals surface area contributed by atoms with Crippen molar-refractivity contribution in [2.75, 3.05) is 18.4 Å². The van der Waals surface area contributed by atoms with Crippen LogP contribution in [0.3, 0.4) is 0 Å². The SMILES string of the molecule is CC(C)N1CCCC(Cc2cc(Nc3nncs3)ncn2)C1. The molecule has 0 aliphatic carbocycles. The molecule has 1 saturated heterocycles. The minimum absolute atomic E-state index is 0.628. The van der Waals surface area contributed by atoms with Gasteiger partial charge in [0.1, 0.15) is 17.7 Å². The molecule has 0 bridgehead atoms. The first-order valence-corrected chi connectivity index (χ1v) is 8.67. The zero-order valence-electron chi connectivity index (χ0n) is 13.1. The fourth-order valence-electron chi connectivity index (χ4n) is 2.94. The Labute approximate surface area is 135 Å². The van der Waals surface area contributed by atoms with Gasteiger partial charge in [0.2, 0.25) is 5.13 Å². The van der Waals surface area contributed by atoms with Gasteiger partial charge in [-0.2, -0.15) is 0 Å². The highest BCUT2D eigenvalue weighted by Crippen LogP contribution is 2.23. The van der Waals surface area contributed by atoms with Gasteiger partial charge >= 0.3 is 0 Å². The number of aromatic nitrogens is 4. The maximum absolute atomic E-state index is 4.43. The van der Waals surface area contributed by atoms with E-state index in [2.05, 4.69) is 44.2 Å². The van der Waals surface area contributed by atoms with Crippen LogP contribution in [0.2, 0.25) is 0 Å². The molecule has 1 aliphatic rings. The van der Waals surface area contributed by atoms with Crippen molar-refractivity contribution < 1.29 is 0 Å². The second-order valence-corrected chi connectivity index (χ2v) is 6.90. The van der Waals surface area contributed by atoms with Crippen molar-refractivity contribution in [3.8, 4) is 0 Å². The van der Waals surface area contributed by atoms with Crippen LogP contribution < -0.4 is 5.32 Å². The predicted octanol–water partition coefficient (Wildman–Crippen LogP) is 2.73. The molecule has 7 heteroatoms. The Morgan fingerprint density at radius 2 is 2.32 bits per heavy atom. The highest BCUT2D eigenvalue weighted by Gasteiger charge is 2.22. The zero-order valence-corrected chi connectivity index (χ0v) is 13.9. The van der Waals surface area contributed by atoms with Gasteiger partial charge in [0.25, 0.3) is 0 Å². The summed E-state index contributed by atoms with van der Waals surface area (Å²) in [5, 5.41) is 11.7. The Hall–Kier alpha value is -1.60. The van der Waals surface area contributed by atoms with Crippen LogP contribution in [-0.4, -0.2) is 44.2 Å². The molecule has 118 valence electrons. The van der Waals surface area contributed by atoms with Crippen LogP contribution in [0.25, 0.3) is 0 Å². The number of piperidine rings is 1. The van der Waals surface area contributed by atoms with Crippen LogP contribution in [-0.2, 0) is 6.42 Å². The third-order valence-corrected chi connectivity index (χ3v) is 4.70. The van der Waals surface area contributed by atoms with E-state index in [0.717, 1.165) is 23.1 Å². The highest BCUT2D eigenvalue weighted by molar-refractivity contribution is 7.13. The number of likely N-dealkylation sites (tertiary alicyclic amines) is 1. The van der Waals surface area contributed by atoms with E-state index < -0.39 is 0 Å². The summed E-state index contributed by atoms with van der Waals surface area (Å²) in [5.41, 5.74) is 2.80. The molecule has 2 aromatic rings. The third-order valence-electron chi connectivity index (χ3n) is 4.10. The standard InChI is InChI=1S/C15H22N6S/c1-11(2)21-5-3-4-12(8-21)6-13-7-14(17-9-16-13)19-15-20-18-10-22-15/h7,9-12H,3-6,8H2,1-2H3,(H,16,17,19,20). The van der Waals surface area contributed by atoms with E-state index in [4.69, 9.17) is 0 Å². The van der Waals surface area contributed by atoms with Gasteiger partial charge in [-0.1, -0.05) is 11.3 Å². The first-order chi connectivity index (χ1) is 10.7. The van der Waals surface area contributed by atoms with E-state index in [9.17, 15) is 0 Å². The number of hydrogen-bond donors (Lipinski definition) is 1. The van der Waals surface area contributed by atoms with Crippen LogP contribution in [0.4, 0.5) is 10.9 Å². The van der Waals surface area contributed by atoms with Gasteiger partial charge in [-0.3, -0.25) is 0 Å². The molecule has 2 aromatic heterocycles. The second-order valence-electron chi connectivity index (χ2n) is 6.06. The first kappa shape index (κ1) is 15.3. The Morgan fingerprint density at radius 1 is 1.41 bits per heavy atom. The van der Waals surface area contributed by atoms with E-state index >= 15 is 0 Å². The van der Waals surface area contributed by atoms with Crippen molar-refractivity contribution in [1.29, 1.82) is 0 Å². The summed E-state index contributed by atoms with van der Waals surface area (Å²) in [6, 6.07) is 2.65. The smallest absolute Gasteiger partial charge is 0.210 e. The molecular weight excluding hydrogens is 296 g/mol. The lowest BCUT2D eigenvalue weighted by atomic mass is 9.92. The number of anilines is 2. The number of hydrogen-bond acceptors (Lipinski definition) is 7. The van der Waals surface area contributed by atoms with Gasteiger partial charge in [0.05, 0.1) is 0 Å². The van der Waals surface area contributed by atoms with Crippen molar-refractivity contribution in [3.05, 3.63) is 23.6 Å². The van der Waals surface area contributed by atoms with Crippen molar-refractivity contribution in [1.82, 2.24) is 25.1 Å². The summed E-state index contributed by atoms with van der Waals surface area (Å²) in [5.74, 6) is 1.47. The lowest BCUT2D eigenvalue weighted by molar-refractivity contribution is 0.139. The topological polar surface area (TPSA) is 66.8 Å². The van der Waals surface area contributed by atoms with Gasteiger partial charge in [-0.15, -0.1) is 10.2 Å². The summed E-state index contributed by atoms with van der Waals surface area (Å²) in [6.07, 6.45) is 5.20. The predicted molar refractivity (Wildman–Crippen MR) is 88.4 cm³/mol. The fourth-order valence-corrected chi connectivity index (χ4v) is 3.40. The summed E-state index contributed by atoms with van der Waals surface area (Å²) in [4.78, 5) is 11.3. The van der Waals surface area contributed by atoms with E-state index in [-0.39, 0.29) is 0 Å². The molecule has 3 rings (SSSR count). The van der Waals surface area contributed by atoms with Crippen LogP contribution >= 0.6 is 11.3 Å². The fraction of sp³-hybridized carbons (Fsp3) is 0.600. The molecule has 0 aromatic carbocycles. The quantitative estimate of drug-likeness (QED) is 0.914. The summed E-state index contributed by atoms with van der Waals surface area (Å²) in [6.45, 7) is 6.94. The maximum Gasteiger partial charge on any atom is 0.210 e. The van der Waals surface area contributed by atoms with Crippen molar-refractivity contribution in [3.63, 3.8) is 0 Å². The van der Waals surface area contributed by atoms with E-state index in [1.807, 2.05) is 6.07 Å². The first-order valence-electron chi connectivity index (χ1n) is 7.79. The third kappa shape index (κ3) is 3.98. The lowest BCUT2D eigenvalue weighted by Gasteiger charge is -2.35. The molecule has 0 amide bonds. The average molecular weight is 318 g/mol. The highest BCUT2D eigenvalue weighted by atomic mass is 32.1. The largest absolute Gasteiger partial charge is 0.315 e. The zero-order chi connectivity index (χ0) is 15.4. The molecule has 1 atom stereocenters. The van der Waals surface area contributed by atoms with E-state index in [1.165, 1.54) is 37.3 Å². The Bertz CT molecular complexity index is 585. The van der Waals surface area contributed by atoms with Crippen molar-refractivity contribution in [2.45, 2.75) is 39.2 Å². The van der Waals surface area contributed by atoms with Crippen molar-refractivity contribution >= 4 is 22.3 Å². The Balaban J connectivity index is 1.62. The van der Waals surface area contributed by atoms with Crippen LogP contribution in [0, 0.1) is 5.92 Å². The summed E-state index contributed by atoms with van der Waals surface area (Å²) >= 11 is 1.46.